The zero-order valence-corrected chi connectivity index (χ0v) is 22.4. The van der Waals surface area contributed by atoms with Gasteiger partial charge in [-0.15, -0.1) is 11.6 Å². The molecule has 0 aromatic rings. The first-order chi connectivity index (χ1) is 14.3. The van der Waals surface area contributed by atoms with Crippen LogP contribution in [0.1, 0.15) is 86.0 Å². The summed E-state index contributed by atoms with van der Waals surface area (Å²) in [6.07, 6.45) is 10.7. The van der Waals surface area contributed by atoms with Crippen molar-refractivity contribution in [3.8, 4) is 0 Å². The van der Waals surface area contributed by atoms with Crippen LogP contribution in [0.5, 0.6) is 0 Å². The predicted molar refractivity (Wildman–Crippen MR) is 147 cm³/mol. The summed E-state index contributed by atoms with van der Waals surface area (Å²) in [7, 11) is 0. The molecule has 0 aromatic heterocycles. The molecular formula is C26H59ClN2O6. The van der Waals surface area contributed by atoms with E-state index < -0.39 is 0 Å². The van der Waals surface area contributed by atoms with Crippen molar-refractivity contribution in [2.75, 3.05) is 32.8 Å². The second-order valence-corrected chi connectivity index (χ2v) is 12.1. The molecule has 3 aliphatic rings. The molecule has 1 aliphatic heterocycles. The standard InChI is InChI=1S/C25H47ClN2O2.CH4.4H2O/c1-18(30)24(27-14-19-5-4-6-20(13-19)16-29)15-28-12-11-23(25(2,3)17-28)21-7-9-22(26)10-8-21;;;;;/h18-24,27,29-30H,4-17H2,1-3H3;1H4;4*1H2/t18?,19?,20?,21?,22?,23?,24-;;;;;/m0...../s1. The summed E-state index contributed by atoms with van der Waals surface area (Å²) in [5, 5.41) is 24.0. The molecular weight excluding hydrogens is 472 g/mol. The quantitative estimate of drug-likeness (QED) is 0.403. The average Bonchev–Trinajstić information content (AvgIpc) is 2.71. The van der Waals surface area contributed by atoms with E-state index in [2.05, 4.69) is 24.1 Å². The maximum atomic E-state index is 10.4. The van der Waals surface area contributed by atoms with Crippen molar-refractivity contribution < 1.29 is 32.1 Å². The van der Waals surface area contributed by atoms with Gasteiger partial charge in [-0.1, -0.05) is 27.7 Å². The zero-order chi connectivity index (χ0) is 21.7. The third-order valence-corrected chi connectivity index (χ3v) is 8.95. The first kappa shape index (κ1) is 39.5. The third-order valence-electron chi connectivity index (χ3n) is 8.52. The number of hydrogen-bond acceptors (Lipinski definition) is 4. The molecule has 216 valence electrons. The first-order valence-corrected chi connectivity index (χ1v) is 13.1. The fourth-order valence-corrected chi connectivity index (χ4v) is 6.98. The molecule has 2 aliphatic carbocycles. The summed E-state index contributed by atoms with van der Waals surface area (Å²) in [6, 6.07) is 0.124. The van der Waals surface area contributed by atoms with E-state index in [1.165, 1.54) is 51.4 Å². The van der Waals surface area contributed by atoms with Gasteiger partial charge in [-0.25, -0.2) is 0 Å². The van der Waals surface area contributed by atoms with Crippen molar-refractivity contribution >= 4 is 11.6 Å². The van der Waals surface area contributed by atoms with E-state index in [-0.39, 0.29) is 41.5 Å². The van der Waals surface area contributed by atoms with E-state index in [9.17, 15) is 10.2 Å². The van der Waals surface area contributed by atoms with Crippen LogP contribution in [0.3, 0.4) is 0 Å². The molecule has 1 heterocycles. The molecule has 2 saturated carbocycles. The van der Waals surface area contributed by atoms with Crippen LogP contribution < -0.4 is 5.32 Å². The Morgan fingerprint density at radius 3 is 2.11 bits per heavy atom. The monoisotopic (exact) mass is 530 g/mol. The number of piperidine rings is 1. The van der Waals surface area contributed by atoms with Gasteiger partial charge in [-0.05, 0) is 100 Å². The molecule has 0 aromatic carbocycles. The fraction of sp³-hybridized carbons (Fsp3) is 1.00. The van der Waals surface area contributed by atoms with Gasteiger partial charge in [0, 0.05) is 31.1 Å². The van der Waals surface area contributed by atoms with Crippen molar-refractivity contribution in [2.45, 2.75) is 104 Å². The van der Waals surface area contributed by atoms with Gasteiger partial charge in [0.05, 0.1) is 6.10 Å². The van der Waals surface area contributed by atoms with Crippen molar-refractivity contribution in [2.24, 2.45) is 29.1 Å². The van der Waals surface area contributed by atoms with Gasteiger partial charge in [0.2, 0.25) is 0 Å². The van der Waals surface area contributed by atoms with Crippen molar-refractivity contribution in [3.63, 3.8) is 0 Å². The van der Waals surface area contributed by atoms with Crippen molar-refractivity contribution in [1.29, 1.82) is 0 Å². The van der Waals surface area contributed by atoms with Crippen LogP contribution in [-0.2, 0) is 0 Å². The minimum absolute atomic E-state index is 0. The molecule has 0 amide bonds. The Hall–Kier alpha value is -0.0300. The van der Waals surface area contributed by atoms with Crippen LogP contribution >= 0.6 is 11.6 Å². The second kappa shape index (κ2) is 18.3. The van der Waals surface area contributed by atoms with Crippen LogP contribution in [0.2, 0.25) is 0 Å². The number of halogens is 1. The van der Waals surface area contributed by atoms with E-state index in [1.54, 1.807) is 0 Å². The molecule has 3 rings (SSSR count). The molecule has 1 saturated heterocycles. The van der Waals surface area contributed by atoms with Gasteiger partial charge in [-0.2, -0.15) is 0 Å². The van der Waals surface area contributed by atoms with Crippen LogP contribution in [-0.4, -0.2) is 87.3 Å². The maximum Gasteiger partial charge on any atom is 0.0677 e. The average molecular weight is 531 g/mol. The van der Waals surface area contributed by atoms with Gasteiger partial charge >= 0.3 is 0 Å². The predicted octanol–water partition coefficient (Wildman–Crippen LogP) is 1.61. The number of rotatable bonds is 8. The molecule has 0 spiro atoms. The zero-order valence-electron chi connectivity index (χ0n) is 21.7. The number of aliphatic hydroxyl groups excluding tert-OH is 2. The smallest absolute Gasteiger partial charge is 0.0677 e. The van der Waals surface area contributed by atoms with Crippen LogP contribution in [0.4, 0.5) is 0 Å². The summed E-state index contributed by atoms with van der Waals surface area (Å²) in [4.78, 5) is 2.59. The minimum atomic E-state index is -0.345. The molecule has 35 heavy (non-hydrogen) atoms. The van der Waals surface area contributed by atoms with Gasteiger partial charge in [0.15, 0.2) is 0 Å². The minimum Gasteiger partial charge on any atom is -0.412 e. The number of aliphatic hydroxyl groups is 2. The summed E-state index contributed by atoms with van der Waals surface area (Å²) < 4.78 is 0. The number of nitrogens with one attached hydrogen (secondary N) is 1. The second-order valence-electron chi connectivity index (χ2n) is 11.5. The SMILES string of the molecule is C.CC(O)[C@H](CN1CCC(C2CCC(Cl)CC2)C(C)(C)C1)NCC1CCCC(CO)C1.O.O.O.O. The molecule has 9 heteroatoms. The maximum absolute atomic E-state index is 10.4. The van der Waals surface area contributed by atoms with Gasteiger partial charge in [0.25, 0.3) is 0 Å². The van der Waals surface area contributed by atoms with E-state index in [0.29, 0.717) is 29.2 Å². The Morgan fingerprint density at radius 2 is 1.57 bits per heavy atom. The lowest BCUT2D eigenvalue weighted by Crippen LogP contribution is -2.54. The molecule has 0 radical (unpaired) electrons. The summed E-state index contributed by atoms with van der Waals surface area (Å²) in [5.41, 5.74) is 0.322. The molecule has 0 bridgehead atoms. The van der Waals surface area contributed by atoms with E-state index in [1.807, 2.05) is 6.92 Å². The van der Waals surface area contributed by atoms with Crippen LogP contribution in [0.15, 0.2) is 0 Å². The molecule has 8 nitrogen and oxygen atoms in total. The number of nitrogens with zero attached hydrogens (tertiary/aromatic N) is 1. The van der Waals surface area contributed by atoms with Crippen molar-refractivity contribution in [1.82, 2.24) is 10.2 Å². The van der Waals surface area contributed by atoms with Gasteiger partial charge in [0.1, 0.15) is 0 Å². The van der Waals surface area contributed by atoms with Crippen molar-refractivity contribution in [3.05, 3.63) is 0 Å². The van der Waals surface area contributed by atoms with E-state index >= 15 is 0 Å². The molecule has 5 atom stereocenters. The summed E-state index contributed by atoms with van der Waals surface area (Å²) in [5.74, 6) is 2.75. The van der Waals surface area contributed by atoms with Crippen LogP contribution in [0, 0.1) is 29.1 Å². The molecule has 11 N–H and O–H groups in total. The summed E-state index contributed by atoms with van der Waals surface area (Å²) >= 11 is 6.35. The normalized spacial score (nSPS) is 32.2. The lowest BCUT2D eigenvalue weighted by Gasteiger charge is -2.49. The Balaban J connectivity index is -0.00000205. The first-order valence-electron chi connectivity index (χ1n) is 12.7. The topological polar surface area (TPSA) is 182 Å². The Labute approximate surface area is 219 Å². The molecule has 4 unspecified atom stereocenters. The highest BCUT2D eigenvalue weighted by molar-refractivity contribution is 6.20. The van der Waals surface area contributed by atoms with Gasteiger partial charge < -0.3 is 42.3 Å². The summed E-state index contributed by atoms with van der Waals surface area (Å²) in [6.45, 7) is 11.3. The largest absolute Gasteiger partial charge is 0.412 e. The third kappa shape index (κ3) is 11.5. The highest BCUT2D eigenvalue weighted by Crippen LogP contribution is 2.45. The number of likely N-dealkylation sites (tertiary alicyclic amines) is 1. The highest BCUT2D eigenvalue weighted by atomic mass is 35.5. The van der Waals surface area contributed by atoms with E-state index in [4.69, 9.17) is 11.6 Å². The Kier molecular flexibility index (Phi) is 20.6. The van der Waals surface area contributed by atoms with Crippen LogP contribution in [0.25, 0.3) is 0 Å². The highest BCUT2D eigenvalue weighted by Gasteiger charge is 2.41. The lowest BCUT2D eigenvalue weighted by molar-refractivity contribution is -0.00142. The Bertz CT molecular complexity index is 520. The Morgan fingerprint density at radius 1 is 0.971 bits per heavy atom. The number of hydrogen-bond donors (Lipinski definition) is 3. The lowest BCUT2D eigenvalue weighted by atomic mass is 9.64. The number of alkyl halides is 1. The van der Waals surface area contributed by atoms with E-state index in [0.717, 1.165) is 44.4 Å². The van der Waals surface area contributed by atoms with Gasteiger partial charge in [-0.3, -0.25) is 0 Å². The fourth-order valence-electron chi connectivity index (χ4n) is 6.73. The molecule has 3 fully saturated rings.